The maximum absolute atomic E-state index is 13.1. The van der Waals surface area contributed by atoms with E-state index < -0.39 is 0 Å². The van der Waals surface area contributed by atoms with Crippen molar-refractivity contribution in [1.29, 1.82) is 0 Å². The lowest BCUT2D eigenvalue weighted by atomic mass is 10.1. The van der Waals surface area contributed by atoms with Gasteiger partial charge in [0.05, 0.1) is 53.7 Å². The van der Waals surface area contributed by atoms with Gasteiger partial charge in [-0.05, 0) is 51.1 Å². The number of ether oxygens (including phenoxy) is 1. The molecule has 4 aromatic rings. The SMILES string of the molecule is COc1nn(C)cc1-c1cc2cc(C(=O)Nc3cc(NC(=O)CN4CCCCC4)cnc3C)cnc2[nH]1. The Bertz CT molecular complexity index is 1450. The monoisotopic (exact) mass is 502 g/mol. The Labute approximate surface area is 214 Å². The van der Waals surface area contributed by atoms with Gasteiger partial charge in [-0.1, -0.05) is 6.42 Å². The zero-order valence-corrected chi connectivity index (χ0v) is 21.2. The Kier molecular flexibility index (Phi) is 6.87. The minimum absolute atomic E-state index is 0.0898. The first-order chi connectivity index (χ1) is 17.9. The zero-order valence-electron chi connectivity index (χ0n) is 21.2. The van der Waals surface area contributed by atoms with Gasteiger partial charge in [-0.2, -0.15) is 0 Å². The van der Waals surface area contributed by atoms with Gasteiger partial charge in [-0.3, -0.25) is 24.2 Å². The summed E-state index contributed by atoms with van der Waals surface area (Å²) in [6.07, 6.45) is 8.43. The predicted molar refractivity (Wildman–Crippen MR) is 141 cm³/mol. The maximum Gasteiger partial charge on any atom is 0.257 e. The number of aromatic amines is 1. The molecule has 11 nitrogen and oxygen atoms in total. The van der Waals surface area contributed by atoms with Crippen LogP contribution < -0.4 is 15.4 Å². The molecule has 2 amide bonds. The van der Waals surface area contributed by atoms with Crippen LogP contribution in [0.4, 0.5) is 11.4 Å². The number of fused-ring (bicyclic) bond motifs is 1. The van der Waals surface area contributed by atoms with E-state index >= 15 is 0 Å². The summed E-state index contributed by atoms with van der Waals surface area (Å²) in [5, 5.41) is 10.9. The summed E-state index contributed by atoms with van der Waals surface area (Å²) in [5.74, 6) is 0.0868. The molecule has 0 radical (unpaired) electrons. The van der Waals surface area contributed by atoms with Crippen molar-refractivity contribution in [3.05, 3.63) is 48.0 Å². The number of hydrogen-bond acceptors (Lipinski definition) is 7. The average molecular weight is 503 g/mol. The molecule has 11 heteroatoms. The molecule has 0 aliphatic carbocycles. The molecule has 1 fully saturated rings. The summed E-state index contributed by atoms with van der Waals surface area (Å²) in [4.78, 5) is 39.7. The second kappa shape index (κ2) is 10.4. The number of anilines is 2. The molecule has 5 rings (SSSR count). The lowest BCUT2D eigenvalue weighted by Crippen LogP contribution is -2.36. The van der Waals surface area contributed by atoms with E-state index in [-0.39, 0.29) is 11.8 Å². The number of aryl methyl sites for hydroxylation is 2. The van der Waals surface area contributed by atoms with Gasteiger partial charge in [0.25, 0.3) is 5.91 Å². The van der Waals surface area contributed by atoms with E-state index in [0.29, 0.717) is 40.7 Å². The van der Waals surface area contributed by atoms with Gasteiger partial charge in [0.2, 0.25) is 11.8 Å². The van der Waals surface area contributed by atoms with Crippen LogP contribution in [-0.4, -0.2) is 68.2 Å². The lowest BCUT2D eigenvalue weighted by Gasteiger charge is -2.25. The smallest absolute Gasteiger partial charge is 0.257 e. The fourth-order valence-corrected chi connectivity index (χ4v) is 4.53. The van der Waals surface area contributed by atoms with Gasteiger partial charge in [-0.15, -0.1) is 5.10 Å². The Hall–Kier alpha value is -4.25. The number of pyridine rings is 2. The van der Waals surface area contributed by atoms with Crippen LogP contribution in [0.1, 0.15) is 35.3 Å². The topological polar surface area (TPSA) is 130 Å². The van der Waals surface area contributed by atoms with E-state index in [9.17, 15) is 9.59 Å². The van der Waals surface area contributed by atoms with E-state index in [1.54, 1.807) is 37.0 Å². The zero-order chi connectivity index (χ0) is 25.9. The van der Waals surface area contributed by atoms with Crippen LogP contribution in [0.5, 0.6) is 5.88 Å². The highest BCUT2D eigenvalue weighted by molar-refractivity contribution is 6.06. The van der Waals surface area contributed by atoms with E-state index in [0.717, 1.165) is 42.6 Å². The first kappa shape index (κ1) is 24.4. The standard InChI is InChI=1S/C26H30N8O3/c1-16-21(11-19(13-27-16)29-23(35)15-34-7-5-4-6-8-34)31-25(36)18-9-17-10-22(30-24(17)28-12-18)20-14-33(2)32-26(20)37-3/h9-14H,4-8,15H2,1-3H3,(H,28,30)(H,29,35)(H,31,36). The van der Waals surface area contributed by atoms with Crippen molar-refractivity contribution < 1.29 is 14.3 Å². The van der Waals surface area contributed by atoms with Crippen molar-refractivity contribution in [3.8, 4) is 17.1 Å². The molecule has 5 heterocycles. The number of aromatic nitrogens is 5. The summed E-state index contributed by atoms with van der Waals surface area (Å²) >= 11 is 0. The molecule has 192 valence electrons. The summed E-state index contributed by atoms with van der Waals surface area (Å²) in [6, 6.07) is 5.40. The number of carbonyl (C=O) groups excluding carboxylic acids is 2. The molecule has 4 aromatic heterocycles. The Balaban J connectivity index is 1.30. The van der Waals surface area contributed by atoms with Crippen molar-refractivity contribution in [3.63, 3.8) is 0 Å². The molecule has 1 saturated heterocycles. The Morgan fingerprint density at radius 1 is 1.08 bits per heavy atom. The van der Waals surface area contributed by atoms with Crippen molar-refractivity contribution in [1.82, 2.24) is 29.6 Å². The number of likely N-dealkylation sites (tertiary alicyclic amines) is 1. The number of methoxy groups -OCH3 is 1. The van der Waals surface area contributed by atoms with E-state index in [4.69, 9.17) is 4.74 Å². The molecule has 0 unspecified atom stereocenters. The van der Waals surface area contributed by atoms with E-state index in [1.807, 2.05) is 19.3 Å². The van der Waals surface area contributed by atoms with Crippen LogP contribution in [-0.2, 0) is 11.8 Å². The second-order valence-electron chi connectivity index (χ2n) is 9.27. The van der Waals surface area contributed by atoms with Gasteiger partial charge in [-0.25, -0.2) is 4.98 Å². The molecule has 3 N–H and O–H groups in total. The van der Waals surface area contributed by atoms with Crippen molar-refractivity contribution >= 4 is 34.2 Å². The molecule has 0 bridgehead atoms. The molecule has 1 aliphatic rings. The normalized spacial score (nSPS) is 14.0. The number of nitrogens with one attached hydrogen (secondary N) is 3. The number of rotatable bonds is 7. The van der Waals surface area contributed by atoms with Crippen LogP contribution in [0.25, 0.3) is 22.3 Å². The summed E-state index contributed by atoms with van der Waals surface area (Å²) in [7, 11) is 3.39. The molecule has 0 atom stereocenters. The number of amides is 2. The number of hydrogen-bond donors (Lipinski definition) is 3. The third kappa shape index (κ3) is 5.46. The van der Waals surface area contributed by atoms with Gasteiger partial charge < -0.3 is 20.4 Å². The van der Waals surface area contributed by atoms with Gasteiger partial charge in [0, 0.05) is 24.8 Å². The maximum atomic E-state index is 13.1. The molecular formula is C26H30N8O3. The van der Waals surface area contributed by atoms with Crippen LogP contribution in [0.15, 0.2) is 36.8 Å². The molecule has 0 spiro atoms. The highest BCUT2D eigenvalue weighted by Crippen LogP contribution is 2.30. The summed E-state index contributed by atoms with van der Waals surface area (Å²) in [5.41, 5.74) is 4.34. The molecule has 0 aromatic carbocycles. The van der Waals surface area contributed by atoms with Crippen molar-refractivity contribution in [2.45, 2.75) is 26.2 Å². The fourth-order valence-electron chi connectivity index (χ4n) is 4.53. The number of H-pyrrole nitrogens is 1. The van der Waals surface area contributed by atoms with Crippen LogP contribution in [0.3, 0.4) is 0 Å². The van der Waals surface area contributed by atoms with Gasteiger partial charge >= 0.3 is 0 Å². The summed E-state index contributed by atoms with van der Waals surface area (Å²) < 4.78 is 7.03. The number of nitrogens with zero attached hydrogens (tertiary/aromatic N) is 5. The molecule has 37 heavy (non-hydrogen) atoms. The lowest BCUT2D eigenvalue weighted by molar-refractivity contribution is -0.117. The third-order valence-corrected chi connectivity index (χ3v) is 6.45. The van der Waals surface area contributed by atoms with Crippen LogP contribution >= 0.6 is 0 Å². The number of carbonyl (C=O) groups is 2. The first-order valence-electron chi connectivity index (χ1n) is 12.3. The molecule has 0 saturated carbocycles. The highest BCUT2D eigenvalue weighted by Gasteiger charge is 2.17. The predicted octanol–water partition coefficient (Wildman–Crippen LogP) is 3.35. The average Bonchev–Trinajstić information content (AvgIpc) is 3.48. The quantitative estimate of drug-likeness (QED) is 0.353. The van der Waals surface area contributed by atoms with E-state index in [1.165, 1.54) is 12.6 Å². The minimum atomic E-state index is -0.321. The van der Waals surface area contributed by atoms with Crippen molar-refractivity contribution in [2.24, 2.45) is 7.05 Å². The Morgan fingerprint density at radius 3 is 2.68 bits per heavy atom. The van der Waals surface area contributed by atoms with Crippen LogP contribution in [0, 0.1) is 6.92 Å². The van der Waals surface area contributed by atoms with Crippen LogP contribution in [0.2, 0.25) is 0 Å². The fraction of sp³-hybridized carbons (Fsp3) is 0.346. The second-order valence-corrected chi connectivity index (χ2v) is 9.27. The highest BCUT2D eigenvalue weighted by atomic mass is 16.5. The van der Waals surface area contributed by atoms with E-state index in [2.05, 4.69) is 35.6 Å². The largest absolute Gasteiger partial charge is 0.479 e. The van der Waals surface area contributed by atoms with Gasteiger partial charge in [0.1, 0.15) is 5.65 Å². The molecular weight excluding hydrogens is 472 g/mol. The van der Waals surface area contributed by atoms with Gasteiger partial charge in [0.15, 0.2) is 0 Å². The summed E-state index contributed by atoms with van der Waals surface area (Å²) in [6.45, 7) is 4.04. The Morgan fingerprint density at radius 2 is 1.89 bits per heavy atom. The third-order valence-electron chi connectivity index (χ3n) is 6.45. The number of piperidine rings is 1. The minimum Gasteiger partial charge on any atom is -0.479 e. The molecule has 1 aliphatic heterocycles. The first-order valence-corrected chi connectivity index (χ1v) is 12.3. The van der Waals surface area contributed by atoms with Crippen molar-refractivity contribution in [2.75, 3.05) is 37.4 Å².